The minimum atomic E-state index is -0.990. The van der Waals surface area contributed by atoms with Gasteiger partial charge in [0.05, 0.1) is 25.7 Å². The minimum absolute atomic E-state index is 0.0980. The molecule has 2 heterocycles. The number of hydrogen-bond acceptors (Lipinski definition) is 7. The fourth-order valence-corrected chi connectivity index (χ4v) is 5.56. The van der Waals surface area contributed by atoms with Gasteiger partial charge in [0.15, 0.2) is 5.78 Å². The summed E-state index contributed by atoms with van der Waals surface area (Å²) in [6.45, 7) is 3.84. The summed E-state index contributed by atoms with van der Waals surface area (Å²) >= 11 is 0. The molecule has 2 aliphatic heterocycles. The number of carbonyl (C=O) groups excluding carboxylic acids is 5. The third kappa shape index (κ3) is 8.28. The lowest BCUT2D eigenvalue weighted by Crippen LogP contribution is -2.57. The Labute approximate surface area is 240 Å². The Morgan fingerprint density at radius 2 is 1.68 bits per heavy atom. The van der Waals surface area contributed by atoms with Gasteiger partial charge in [0.2, 0.25) is 23.6 Å². The van der Waals surface area contributed by atoms with E-state index in [0.29, 0.717) is 31.1 Å². The first-order valence-electron chi connectivity index (χ1n) is 14.6. The molecule has 4 rings (SSSR count). The molecular formula is C30H42N4O7. The quantitative estimate of drug-likeness (QED) is 0.260. The molecular weight excluding hydrogens is 528 g/mol. The van der Waals surface area contributed by atoms with Crippen molar-refractivity contribution >= 4 is 29.4 Å². The first kappa shape index (κ1) is 30.5. The molecule has 1 aromatic rings. The number of epoxide rings is 1. The molecule has 1 unspecified atom stereocenters. The van der Waals surface area contributed by atoms with Crippen molar-refractivity contribution in [3.63, 3.8) is 0 Å². The normalized spacial score (nSPS) is 24.4. The van der Waals surface area contributed by atoms with Gasteiger partial charge in [-0.1, -0.05) is 37.8 Å². The van der Waals surface area contributed by atoms with Crippen LogP contribution < -0.4 is 26.0 Å². The smallest absolute Gasteiger partial charge is 0.243 e. The van der Waals surface area contributed by atoms with Crippen LogP contribution in [0.1, 0.15) is 64.4 Å². The molecule has 4 N–H and O–H groups in total. The third-order valence-corrected chi connectivity index (χ3v) is 8.40. The number of benzene rings is 1. The van der Waals surface area contributed by atoms with E-state index in [4.69, 9.17) is 9.47 Å². The SMILES string of the molecule is COc1ccc(C[C@H](NC(=O)[C@@H](C)NC(=O)C2CCC(=O)NC2)C(=O)N[C@@H](CC2CCCC2)C(=O)[C@@]2(C)CO2)cc1. The average molecular weight is 571 g/mol. The van der Waals surface area contributed by atoms with Gasteiger partial charge < -0.3 is 30.7 Å². The van der Waals surface area contributed by atoms with Crippen LogP contribution in [0.4, 0.5) is 0 Å². The van der Waals surface area contributed by atoms with E-state index in [1.165, 1.54) is 0 Å². The van der Waals surface area contributed by atoms with E-state index in [9.17, 15) is 24.0 Å². The van der Waals surface area contributed by atoms with Crippen LogP contribution in [0.5, 0.6) is 5.75 Å². The van der Waals surface area contributed by atoms with Crippen molar-refractivity contribution < 1.29 is 33.4 Å². The highest BCUT2D eigenvalue weighted by Crippen LogP contribution is 2.33. The summed E-state index contributed by atoms with van der Waals surface area (Å²) in [5, 5.41) is 11.1. The standard InChI is InChI=1S/C30H42N4O7/c1-18(32-28(38)21-10-13-25(35)31-16-21)27(37)34-24(15-20-8-11-22(40-3)12-9-20)29(39)33-23(14-19-6-4-5-7-19)26(36)30(2)17-41-30/h8-9,11-12,18-19,21,23-24H,4-7,10,13-17H2,1-3H3,(H,31,35)(H,32,38)(H,33,39)(H,34,37)/t18-,21?,23+,24+,30-/m1/s1. The van der Waals surface area contributed by atoms with Crippen LogP contribution >= 0.6 is 0 Å². The molecule has 224 valence electrons. The number of methoxy groups -OCH3 is 1. The second-order valence-electron chi connectivity index (χ2n) is 11.7. The number of ether oxygens (including phenoxy) is 2. The molecule has 4 amide bonds. The highest BCUT2D eigenvalue weighted by Gasteiger charge is 2.50. The fraction of sp³-hybridized carbons (Fsp3) is 0.633. The Morgan fingerprint density at radius 3 is 2.27 bits per heavy atom. The molecule has 0 aromatic heterocycles. The van der Waals surface area contributed by atoms with E-state index in [-0.39, 0.29) is 37.0 Å². The van der Waals surface area contributed by atoms with Crippen molar-refractivity contribution in [3.8, 4) is 5.75 Å². The average Bonchev–Trinajstić information content (AvgIpc) is 3.50. The zero-order valence-corrected chi connectivity index (χ0v) is 24.1. The van der Waals surface area contributed by atoms with Gasteiger partial charge in [0.25, 0.3) is 0 Å². The van der Waals surface area contributed by atoms with Crippen LogP contribution in [-0.2, 0) is 35.1 Å². The van der Waals surface area contributed by atoms with Crippen LogP contribution in [-0.4, -0.2) is 73.4 Å². The zero-order valence-electron chi connectivity index (χ0n) is 24.1. The van der Waals surface area contributed by atoms with Crippen LogP contribution in [0.15, 0.2) is 24.3 Å². The Bertz CT molecular complexity index is 1120. The highest BCUT2D eigenvalue weighted by molar-refractivity contribution is 5.98. The third-order valence-electron chi connectivity index (χ3n) is 8.40. The Balaban J connectivity index is 1.45. The summed E-state index contributed by atoms with van der Waals surface area (Å²) in [6.07, 6.45) is 5.64. The van der Waals surface area contributed by atoms with E-state index in [0.717, 1.165) is 31.2 Å². The molecule has 3 aliphatic rings. The number of hydrogen-bond donors (Lipinski definition) is 4. The molecule has 0 radical (unpaired) electrons. The fourth-order valence-electron chi connectivity index (χ4n) is 5.56. The van der Waals surface area contributed by atoms with E-state index in [2.05, 4.69) is 21.3 Å². The largest absolute Gasteiger partial charge is 0.497 e. The summed E-state index contributed by atoms with van der Waals surface area (Å²) in [5.41, 5.74) is -0.0973. The van der Waals surface area contributed by atoms with Crippen LogP contribution in [0.2, 0.25) is 0 Å². The maximum absolute atomic E-state index is 13.7. The molecule has 3 fully saturated rings. The number of Topliss-reactive ketones (excluding diaryl/α,β-unsaturated/α-hetero) is 1. The molecule has 5 atom stereocenters. The van der Waals surface area contributed by atoms with Crippen molar-refractivity contribution in [1.82, 2.24) is 21.3 Å². The molecule has 1 aromatic carbocycles. The summed E-state index contributed by atoms with van der Waals surface area (Å²) in [7, 11) is 1.56. The number of piperidine rings is 1. The zero-order chi connectivity index (χ0) is 29.6. The van der Waals surface area contributed by atoms with Gasteiger partial charge in [-0.2, -0.15) is 0 Å². The predicted molar refractivity (Wildman–Crippen MR) is 150 cm³/mol. The van der Waals surface area contributed by atoms with Gasteiger partial charge in [-0.15, -0.1) is 0 Å². The van der Waals surface area contributed by atoms with Gasteiger partial charge in [-0.05, 0) is 50.3 Å². The molecule has 11 heteroatoms. The second-order valence-corrected chi connectivity index (χ2v) is 11.7. The van der Waals surface area contributed by atoms with Crippen LogP contribution in [0.3, 0.4) is 0 Å². The van der Waals surface area contributed by atoms with Crippen molar-refractivity contribution in [2.45, 2.75) is 88.9 Å². The number of rotatable bonds is 13. The molecule has 2 saturated heterocycles. The Kier molecular flexibility index (Phi) is 10.0. The van der Waals surface area contributed by atoms with Crippen molar-refractivity contribution in [3.05, 3.63) is 29.8 Å². The summed E-state index contributed by atoms with van der Waals surface area (Å²) < 4.78 is 10.6. The van der Waals surface area contributed by atoms with E-state index < -0.39 is 41.5 Å². The number of nitrogens with one attached hydrogen (secondary N) is 4. The van der Waals surface area contributed by atoms with E-state index in [1.54, 1.807) is 33.1 Å². The monoisotopic (exact) mass is 570 g/mol. The van der Waals surface area contributed by atoms with Gasteiger partial charge in [-0.3, -0.25) is 24.0 Å². The summed E-state index contributed by atoms with van der Waals surface area (Å²) in [5.74, 6) is -0.980. The van der Waals surface area contributed by atoms with Gasteiger partial charge in [0.1, 0.15) is 23.4 Å². The first-order valence-corrected chi connectivity index (χ1v) is 14.6. The van der Waals surface area contributed by atoms with E-state index >= 15 is 0 Å². The molecule has 0 spiro atoms. The lowest BCUT2D eigenvalue weighted by Gasteiger charge is -2.27. The molecule has 1 saturated carbocycles. The van der Waals surface area contributed by atoms with Crippen LogP contribution in [0.25, 0.3) is 0 Å². The first-order chi connectivity index (χ1) is 19.6. The van der Waals surface area contributed by atoms with Crippen LogP contribution in [0, 0.1) is 11.8 Å². The maximum atomic E-state index is 13.7. The molecule has 0 bridgehead atoms. The topological polar surface area (TPSA) is 155 Å². The highest BCUT2D eigenvalue weighted by atomic mass is 16.6. The lowest BCUT2D eigenvalue weighted by atomic mass is 9.90. The number of amides is 4. The Morgan fingerprint density at radius 1 is 1.02 bits per heavy atom. The summed E-state index contributed by atoms with van der Waals surface area (Å²) in [4.78, 5) is 64.3. The summed E-state index contributed by atoms with van der Waals surface area (Å²) in [6, 6.07) is 4.55. The maximum Gasteiger partial charge on any atom is 0.243 e. The molecule has 11 nitrogen and oxygen atoms in total. The van der Waals surface area contributed by atoms with Gasteiger partial charge >= 0.3 is 0 Å². The van der Waals surface area contributed by atoms with Crippen molar-refractivity contribution in [2.75, 3.05) is 20.3 Å². The molecule has 41 heavy (non-hydrogen) atoms. The Hall–Kier alpha value is -3.47. The number of ketones is 1. The number of carbonyl (C=O) groups is 5. The van der Waals surface area contributed by atoms with E-state index in [1.807, 2.05) is 12.1 Å². The van der Waals surface area contributed by atoms with Crippen molar-refractivity contribution in [2.24, 2.45) is 11.8 Å². The minimum Gasteiger partial charge on any atom is -0.497 e. The predicted octanol–water partition coefficient (Wildman–Crippen LogP) is 1.18. The van der Waals surface area contributed by atoms with Crippen molar-refractivity contribution in [1.29, 1.82) is 0 Å². The lowest BCUT2D eigenvalue weighted by molar-refractivity contribution is -0.135. The molecule has 1 aliphatic carbocycles. The van der Waals surface area contributed by atoms with Gasteiger partial charge in [-0.25, -0.2) is 0 Å². The second kappa shape index (κ2) is 13.5. The van der Waals surface area contributed by atoms with Gasteiger partial charge in [0, 0.05) is 19.4 Å².